The molecule has 0 saturated carbocycles. The highest BCUT2D eigenvalue weighted by molar-refractivity contribution is 5.68. The normalized spacial score (nSPS) is 20.1. The van der Waals surface area contributed by atoms with Crippen LogP contribution in [0.1, 0.15) is 20.3 Å². The van der Waals surface area contributed by atoms with E-state index >= 15 is 0 Å². The summed E-state index contributed by atoms with van der Waals surface area (Å²) in [6.45, 7) is 6.73. The van der Waals surface area contributed by atoms with E-state index in [1.807, 2.05) is 6.92 Å². The molecule has 1 aromatic rings. The van der Waals surface area contributed by atoms with Crippen molar-refractivity contribution in [3.05, 3.63) is 6.33 Å². The minimum absolute atomic E-state index is 0.493. The van der Waals surface area contributed by atoms with Crippen LogP contribution in [0, 0.1) is 5.92 Å². The van der Waals surface area contributed by atoms with Gasteiger partial charge in [-0.15, -0.1) is 0 Å². The molecular weight excluding hydrogens is 204 g/mol. The molecule has 16 heavy (non-hydrogen) atoms. The maximum absolute atomic E-state index is 6.00. The first-order valence-corrected chi connectivity index (χ1v) is 5.70. The van der Waals surface area contributed by atoms with E-state index in [0.29, 0.717) is 24.1 Å². The average molecular weight is 222 g/mol. The molecule has 5 heteroatoms. The van der Waals surface area contributed by atoms with Crippen LogP contribution in [0.25, 0.3) is 0 Å². The first-order valence-electron chi connectivity index (χ1n) is 5.70. The second-order valence-electron chi connectivity index (χ2n) is 4.19. The molecule has 2 N–H and O–H groups in total. The average Bonchev–Trinajstić information content (AvgIpc) is 2.68. The summed E-state index contributed by atoms with van der Waals surface area (Å²) in [6.07, 6.45) is 2.70. The van der Waals surface area contributed by atoms with Crippen molar-refractivity contribution in [2.24, 2.45) is 5.92 Å². The third-order valence-corrected chi connectivity index (χ3v) is 2.83. The second kappa shape index (κ2) is 4.55. The van der Waals surface area contributed by atoms with Gasteiger partial charge in [0.2, 0.25) is 5.88 Å². The predicted octanol–water partition coefficient (Wildman–Crippen LogP) is 1.30. The molecule has 0 spiro atoms. The van der Waals surface area contributed by atoms with Gasteiger partial charge in [-0.25, -0.2) is 4.98 Å². The van der Waals surface area contributed by atoms with E-state index in [1.165, 1.54) is 12.7 Å². The van der Waals surface area contributed by atoms with E-state index in [9.17, 15) is 0 Å². The molecule has 1 atom stereocenters. The van der Waals surface area contributed by atoms with Gasteiger partial charge >= 0.3 is 0 Å². The Bertz CT molecular complexity index is 369. The largest absolute Gasteiger partial charge is 0.476 e. The van der Waals surface area contributed by atoms with Crippen LogP contribution in [0.2, 0.25) is 0 Å². The molecule has 2 heterocycles. The van der Waals surface area contributed by atoms with Gasteiger partial charge in [-0.3, -0.25) is 0 Å². The zero-order valence-electron chi connectivity index (χ0n) is 9.81. The molecule has 0 radical (unpaired) electrons. The number of rotatable bonds is 3. The standard InChI is InChI=1S/C11H18N4O/c1-3-16-11-9(12)10(13-7-14-11)15-5-4-8(2)6-15/h7-8H,3-6,12H2,1-2H3. The Labute approximate surface area is 95.6 Å². The first kappa shape index (κ1) is 11.0. The summed E-state index contributed by atoms with van der Waals surface area (Å²) in [5, 5.41) is 0. The van der Waals surface area contributed by atoms with Crippen molar-refractivity contribution in [3.8, 4) is 5.88 Å². The van der Waals surface area contributed by atoms with Crippen molar-refractivity contribution in [2.45, 2.75) is 20.3 Å². The molecule has 1 aromatic heterocycles. The maximum Gasteiger partial charge on any atom is 0.242 e. The van der Waals surface area contributed by atoms with E-state index in [2.05, 4.69) is 21.8 Å². The highest BCUT2D eigenvalue weighted by Crippen LogP contribution is 2.31. The van der Waals surface area contributed by atoms with E-state index < -0.39 is 0 Å². The predicted molar refractivity (Wildman–Crippen MR) is 63.6 cm³/mol. The van der Waals surface area contributed by atoms with Crippen molar-refractivity contribution in [2.75, 3.05) is 30.3 Å². The van der Waals surface area contributed by atoms with Crippen LogP contribution >= 0.6 is 0 Å². The van der Waals surface area contributed by atoms with Crippen LogP contribution in [-0.4, -0.2) is 29.7 Å². The van der Waals surface area contributed by atoms with Crippen molar-refractivity contribution < 1.29 is 4.74 Å². The van der Waals surface area contributed by atoms with Crippen LogP contribution in [0.3, 0.4) is 0 Å². The number of aromatic nitrogens is 2. The number of hydrogen-bond donors (Lipinski definition) is 1. The molecule has 2 rings (SSSR count). The van der Waals surface area contributed by atoms with Gasteiger partial charge in [0.15, 0.2) is 5.82 Å². The second-order valence-corrected chi connectivity index (χ2v) is 4.19. The topological polar surface area (TPSA) is 64.3 Å². The lowest BCUT2D eigenvalue weighted by atomic mass is 10.2. The molecule has 0 amide bonds. The number of nitrogen functional groups attached to an aromatic ring is 1. The Morgan fingerprint density at radius 3 is 3.00 bits per heavy atom. The monoisotopic (exact) mass is 222 g/mol. The fraction of sp³-hybridized carbons (Fsp3) is 0.636. The van der Waals surface area contributed by atoms with Crippen LogP contribution in [-0.2, 0) is 0 Å². The minimum Gasteiger partial charge on any atom is -0.476 e. The molecule has 0 aliphatic carbocycles. The van der Waals surface area contributed by atoms with Gasteiger partial charge in [-0.2, -0.15) is 4.98 Å². The summed E-state index contributed by atoms with van der Waals surface area (Å²) >= 11 is 0. The van der Waals surface area contributed by atoms with Crippen molar-refractivity contribution >= 4 is 11.5 Å². The van der Waals surface area contributed by atoms with Crippen molar-refractivity contribution in [3.63, 3.8) is 0 Å². The van der Waals surface area contributed by atoms with Gasteiger partial charge in [0.05, 0.1) is 6.61 Å². The highest BCUT2D eigenvalue weighted by atomic mass is 16.5. The summed E-state index contributed by atoms with van der Waals surface area (Å²) in [5.74, 6) is 2.00. The van der Waals surface area contributed by atoms with Crippen molar-refractivity contribution in [1.82, 2.24) is 9.97 Å². The SMILES string of the molecule is CCOc1ncnc(N2CCC(C)C2)c1N. The van der Waals surface area contributed by atoms with Crippen LogP contribution in [0.4, 0.5) is 11.5 Å². The molecular formula is C11H18N4O. The van der Waals surface area contributed by atoms with Crippen LogP contribution in [0.5, 0.6) is 5.88 Å². The zero-order valence-corrected chi connectivity index (χ0v) is 9.81. The lowest BCUT2D eigenvalue weighted by Crippen LogP contribution is -2.22. The van der Waals surface area contributed by atoms with Crippen LogP contribution < -0.4 is 15.4 Å². The Morgan fingerprint density at radius 2 is 2.38 bits per heavy atom. The molecule has 1 saturated heterocycles. The quantitative estimate of drug-likeness (QED) is 0.835. The lowest BCUT2D eigenvalue weighted by molar-refractivity contribution is 0.328. The zero-order chi connectivity index (χ0) is 11.5. The fourth-order valence-corrected chi connectivity index (χ4v) is 2.00. The summed E-state index contributed by atoms with van der Waals surface area (Å²) in [4.78, 5) is 10.5. The van der Waals surface area contributed by atoms with Gasteiger partial charge in [-0.05, 0) is 19.3 Å². The fourth-order valence-electron chi connectivity index (χ4n) is 2.00. The highest BCUT2D eigenvalue weighted by Gasteiger charge is 2.23. The van der Waals surface area contributed by atoms with E-state index in [0.717, 1.165) is 18.9 Å². The van der Waals surface area contributed by atoms with Crippen LogP contribution in [0.15, 0.2) is 6.33 Å². The number of nitrogens with two attached hydrogens (primary N) is 1. The molecule has 88 valence electrons. The summed E-state index contributed by atoms with van der Waals surface area (Å²) in [6, 6.07) is 0. The van der Waals surface area contributed by atoms with E-state index in [-0.39, 0.29) is 0 Å². The summed E-state index contributed by atoms with van der Waals surface area (Å²) in [5.41, 5.74) is 6.56. The van der Waals surface area contributed by atoms with E-state index in [1.54, 1.807) is 0 Å². The molecule has 0 aromatic carbocycles. The molecule has 5 nitrogen and oxygen atoms in total. The molecule has 1 aliphatic heterocycles. The number of hydrogen-bond acceptors (Lipinski definition) is 5. The lowest BCUT2D eigenvalue weighted by Gasteiger charge is -2.19. The molecule has 1 aliphatic rings. The third kappa shape index (κ3) is 2.03. The molecule has 1 fully saturated rings. The Hall–Kier alpha value is -1.52. The Morgan fingerprint density at radius 1 is 1.56 bits per heavy atom. The maximum atomic E-state index is 6.00. The van der Waals surface area contributed by atoms with Gasteiger partial charge in [0.1, 0.15) is 12.0 Å². The third-order valence-electron chi connectivity index (χ3n) is 2.83. The Kier molecular flexibility index (Phi) is 3.12. The summed E-state index contributed by atoms with van der Waals surface area (Å²) < 4.78 is 5.36. The van der Waals surface area contributed by atoms with E-state index in [4.69, 9.17) is 10.5 Å². The first-order chi connectivity index (χ1) is 7.72. The number of anilines is 2. The van der Waals surface area contributed by atoms with Gasteiger partial charge < -0.3 is 15.4 Å². The smallest absolute Gasteiger partial charge is 0.242 e. The minimum atomic E-state index is 0.493. The van der Waals surface area contributed by atoms with Gasteiger partial charge in [0.25, 0.3) is 0 Å². The summed E-state index contributed by atoms with van der Waals surface area (Å²) in [7, 11) is 0. The number of nitrogens with zero attached hydrogens (tertiary/aromatic N) is 3. The van der Waals surface area contributed by atoms with Crippen molar-refractivity contribution in [1.29, 1.82) is 0 Å². The van der Waals surface area contributed by atoms with Gasteiger partial charge in [0, 0.05) is 13.1 Å². The molecule has 1 unspecified atom stereocenters. The number of ether oxygens (including phenoxy) is 1. The Balaban J connectivity index is 2.23. The van der Waals surface area contributed by atoms with Gasteiger partial charge in [-0.1, -0.05) is 6.92 Å². The molecule has 0 bridgehead atoms.